The number of pyridine rings is 1. The number of anilines is 1. The van der Waals surface area contributed by atoms with Gasteiger partial charge in [-0.25, -0.2) is 4.98 Å². The molecular formula is C18H20N4O3. The zero-order valence-electron chi connectivity index (χ0n) is 13.8. The number of nitrogens with one attached hydrogen (secondary N) is 1. The summed E-state index contributed by atoms with van der Waals surface area (Å²) in [6.45, 7) is 0. The fourth-order valence-electron chi connectivity index (χ4n) is 5.75. The molecule has 5 rings (SSSR count). The first-order chi connectivity index (χ1) is 12.1. The van der Waals surface area contributed by atoms with Gasteiger partial charge in [-0.3, -0.25) is 19.3 Å². The molecule has 0 aromatic carbocycles. The van der Waals surface area contributed by atoms with Crippen LogP contribution in [0.4, 0.5) is 11.5 Å². The maximum Gasteiger partial charge on any atom is 0.376 e. The van der Waals surface area contributed by atoms with E-state index in [-0.39, 0.29) is 11.9 Å². The van der Waals surface area contributed by atoms with E-state index in [1.54, 1.807) is 18.2 Å². The highest BCUT2D eigenvalue weighted by molar-refractivity contribution is 5.60. The van der Waals surface area contributed by atoms with Gasteiger partial charge in [0.25, 0.3) is 0 Å². The van der Waals surface area contributed by atoms with Gasteiger partial charge in [0.15, 0.2) is 0 Å². The summed E-state index contributed by atoms with van der Waals surface area (Å²) in [5.41, 5.74) is -0.642. The van der Waals surface area contributed by atoms with E-state index in [1.165, 1.54) is 36.3 Å². The minimum absolute atomic E-state index is 0.133. The Balaban J connectivity index is 1.54. The molecule has 2 heterocycles. The molecule has 3 aliphatic carbocycles. The molecule has 3 aliphatic rings. The maximum atomic E-state index is 12.5. The fraction of sp³-hybridized carbons (Fsp3) is 0.556. The topological polar surface area (TPSA) is 89.5 Å². The molecule has 2 aromatic rings. The second kappa shape index (κ2) is 5.28. The number of hydrogen-bond donors (Lipinski definition) is 1. The predicted molar refractivity (Wildman–Crippen MR) is 92.6 cm³/mol. The van der Waals surface area contributed by atoms with E-state index in [0.717, 1.165) is 24.2 Å². The number of aromatic nitrogens is 2. The molecule has 0 aliphatic heterocycles. The van der Waals surface area contributed by atoms with Crippen molar-refractivity contribution in [2.24, 2.45) is 23.7 Å². The summed E-state index contributed by atoms with van der Waals surface area (Å²) in [5.74, 6) is 3.03. The first-order valence-corrected chi connectivity index (χ1v) is 9.06. The lowest BCUT2D eigenvalue weighted by Gasteiger charge is -2.32. The van der Waals surface area contributed by atoms with Crippen LogP contribution < -0.4 is 10.9 Å². The molecule has 7 nitrogen and oxygen atoms in total. The molecule has 2 aromatic heterocycles. The monoisotopic (exact) mass is 340 g/mol. The molecular weight excluding hydrogens is 320 g/mol. The van der Waals surface area contributed by atoms with Gasteiger partial charge in [-0.15, -0.1) is 0 Å². The van der Waals surface area contributed by atoms with Gasteiger partial charge in [0, 0.05) is 12.2 Å². The van der Waals surface area contributed by atoms with Gasteiger partial charge < -0.3 is 5.32 Å². The van der Waals surface area contributed by atoms with Crippen LogP contribution in [-0.2, 0) is 0 Å². The lowest BCUT2D eigenvalue weighted by molar-refractivity contribution is -0.385. The molecule has 0 unspecified atom stereocenters. The van der Waals surface area contributed by atoms with Crippen molar-refractivity contribution in [1.29, 1.82) is 0 Å². The minimum atomic E-state index is -0.625. The van der Waals surface area contributed by atoms with Crippen molar-refractivity contribution in [2.45, 2.75) is 38.1 Å². The Morgan fingerprint density at radius 3 is 2.88 bits per heavy atom. The Bertz CT molecular complexity index is 924. The summed E-state index contributed by atoms with van der Waals surface area (Å²) in [5, 5.41) is 14.8. The molecule has 5 atom stereocenters. The molecule has 1 N–H and O–H groups in total. The summed E-state index contributed by atoms with van der Waals surface area (Å²) in [4.78, 5) is 27.9. The van der Waals surface area contributed by atoms with E-state index in [2.05, 4.69) is 10.3 Å². The predicted octanol–water partition coefficient (Wildman–Crippen LogP) is 2.84. The lowest BCUT2D eigenvalue weighted by Crippen LogP contribution is -2.35. The first kappa shape index (κ1) is 14.9. The molecule has 2 bridgehead atoms. The van der Waals surface area contributed by atoms with E-state index >= 15 is 0 Å². The van der Waals surface area contributed by atoms with Gasteiger partial charge in [-0.2, -0.15) is 0 Å². The lowest BCUT2D eigenvalue weighted by atomic mass is 9.79. The van der Waals surface area contributed by atoms with Crippen molar-refractivity contribution >= 4 is 17.2 Å². The number of rotatable bonds is 3. The molecule has 0 spiro atoms. The van der Waals surface area contributed by atoms with Gasteiger partial charge in [0.1, 0.15) is 5.65 Å². The van der Waals surface area contributed by atoms with Crippen molar-refractivity contribution in [1.82, 2.24) is 9.38 Å². The normalized spacial score (nSPS) is 32.9. The van der Waals surface area contributed by atoms with Gasteiger partial charge >= 0.3 is 11.2 Å². The summed E-state index contributed by atoms with van der Waals surface area (Å²) >= 11 is 0. The Hall–Kier alpha value is -2.44. The Morgan fingerprint density at radius 2 is 2.04 bits per heavy atom. The standard InChI is InChI=1S/C18H20N4O3/c23-18-16(22(24)25)17(20-15-6-1-2-7-21(15)18)19-14-9-10-8-13(14)12-5-3-4-11(10)12/h1-2,6-7,10-14,19H,3-5,8-9H2/t10-,11+,12-,13+,14-/m1/s1. The summed E-state index contributed by atoms with van der Waals surface area (Å²) in [6.07, 6.45) is 7.70. The SMILES string of the molecule is O=c1c([N+](=O)[O-])c(N[C@@H]2C[C@H]3C[C@H]2[C@@H]2CCC[C@@H]32)nc2ccccn12. The van der Waals surface area contributed by atoms with Crippen LogP contribution >= 0.6 is 0 Å². The molecule has 7 heteroatoms. The average Bonchev–Trinajstić information content (AvgIpc) is 3.27. The molecule has 3 fully saturated rings. The first-order valence-electron chi connectivity index (χ1n) is 9.06. The second-order valence-corrected chi connectivity index (χ2v) is 7.70. The zero-order chi connectivity index (χ0) is 17.1. The van der Waals surface area contributed by atoms with E-state index in [9.17, 15) is 14.9 Å². The highest BCUT2D eigenvalue weighted by Crippen LogP contribution is 2.59. The van der Waals surface area contributed by atoms with Crippen molar-refractivity contribution in [3.05, 3.63) is 44.9 Å². The summed E-state index contributed by atoms with van der Waals surface area (Å²) < 4.78 is 1.23. The highest BCUT2D eigenvalue weighted by Gasteiger charge is 2.54. The number of nitrogens with zero attached hydrogens (tertiary/aromatic N) is 3. The van der Waals surface area contributed by atoms with Crippen LogP contribution in [0.25, 0.3) is 5.65 Å². The van der Waals surface area contributed by atoms with Crippen molar-refractivity contribution in [3.8, 4) is 0 Å². The quantitative estimate of drug-likeness (QED) is 0.685. The van der Waals surface area contributed by atoms with Crippen molar-refractivity contribution in [2.75, 3.05) is 5.32 Å². The molecule has 25 heavy (non-hydrogen) atoms. The third-order valence-corrected chi connectivity index (χ3v) is 6.64. The fourth-order valence-corrected chi connectivity index (χ4v) is 5.75. The van der Waals surface area contributed by atoms with Gasteiger partial charge in [0.05, 0.1) is 4.92 Å². The van der Waals surface area contributed by atoms with Gasteiger partial charge in [-0.05, 0) is 61.5 Å². The Labute approximate surface area is 144 Å². The van der Waals surface area contributed by atoms with Gasteiger partial charge in [0.2, 0.25) is 5.82 Å². The van der Waals surface area contributed by atoms with Crippen LogP contribution in [0.15, 0.2) is 29.2 Å². The van der Waals surface area contributed by atoms with Crippen LogP contribution in [0, 0.1) is 33.8 Å². The molecule has 0 amide bonds. The Kier molecular flexibility index (Phi) is 3.14. The molecule has 3 saturated carbocycles. The zero-order valence-corrected chi connectivity index (χ0v) is 13.8. The Morgan fingerprint density at radius 1 is 1.20 bits per heavy atom. The largest absolute Gasteiger partial charge is 0.376 e. The smallest absolute Gasteiger partial charge is 0.361 e. The minimum Gasteiger partial charge on any atom is -0.361 e. The van der Waals surface area contributed by atoms with Crippen LogP contribution in [0.5, 0.6) is 0 Å². The molecule has 0 saturated heterocycles. The third kappa shape index (κ3) is 2.11. The van der Waals surface area contributed by atoms with E-state index in [4.69, 9.17) is 0 Å². The number of hydrogen-bond acceptors (Lipinski definition) is 5. The van der Waals surface area contributed by atoms with E-state index in [0.29, 0.717) is 11.6 Å². The second-order valence-electron chi connectivity index (χ2n) is 7.70. The van der Waals surface area contributed by atoms with Crippen LogP contribution in [0.2, 0.25) is 0 Å². The van der Waals surface area contributed by atoms with Crippen molar-refractivity contribution in [3.63, 3.8) is 0 Å². The van der Waals surface area contributed by atoms with E-state index < -0.39 is 16.2 Å². The highest BCUT2D eigenvalue weighted by atomic mass is 16.6. The van der Waals surface area contributed by atoms with Crippen LogP contribution in [0.3, 0.4) is 0 Å². The van der Waals surface area contributed by atoms with Crippen LogP contribution in [-0.4, -0.2) is 20.3 Å². The molecule has 130 valence electrons. The third-order valence-electron chi connectivity index (χ3n) is 6.64. The van der Waals surface area contributed by atoms with E-state index in [1.807, 2.05) is 0 Å². The number of fused-ring (bicyclic) bond motifs is 6. The number of nitro groups is 1. The van der Waals surface area contributed by atoms with Crippen molar-refractivity contribution < 1.29 is 4.92 Å². The van der Waals surface area contributed by atoms with Crippen LogP contribution in [0.1, 0.15) is 32.1 Å². The summed E-state index contributed by atoms with van der Waals surface area (Å²) in [7, 11) is 0. The maximum absolute atomic E-state index is 12.5. The van der Waals surface area contributed by atoms with Gasteiger partial charge in [-0.1, -0.05) is 12.5 Å². The summed E-state index contributed by atoms with van der Waals surface area (Å²) in [6, 6.07) is 5.34. The average molecular weight is 340 g/mol. The molecule has 0 radical (unpaired) electrons.